The maximum Gasteiger partial charge on any atom is 0.0942 e. The first-order chi connectivity index (χ1) is 8.18. The van der Waals surface area contributed by atoms with Crippen molar-refractivity contribution in [3.63, 3.8) is 0 Å². The van der Waals surface area contributed by atoms with E-state index in [9.17, 15) is 5.11 Å². The molecule has 1 saturated carbocycles. The zero-order chi connectivity index (χ0) is 12.3. The largest absolute Gasteiger partial charge is 0.387 e. The molecule has 2 atom stereocenters. The molecule has 1 aliphatic rings. The quantitative estimate of drug-likeness (QED) is 0.845. The van der Waals surface area contributed by atoms with Crippen LogP contribution in [0.15, 0.2) is 30.3 Å². The van der Waals surface area contributed by atoms with E-state index < -0.39 is 0 Å². The topological polar surface area (TPSA) is 23.5 Å². The van der Waals surface area contributed by atoms with Crippen LogP contribution >= 0.6 is 0 Å². The molecule has 0 radical (unpaired) electrons. The number of hydrogen-bond acceptors (Lipinski definition) is 2. The molecule has 0 aliphatic heterocycles. The number of aliphatic hydroxyl groups is 1. The molecule has 94 valence electrons. The highest BCUT2D eigenvalue weighted by atomic mass is 16.3. The zero-order valence-electron chi connectivity index (χ0n) is 10.8. The first-order valence-corrected chi connectivity index (χ1v) is 6.61. The first kappa shape index (κ1) is 12.6. The van der Waals surface area contributed by atoms with Crippen molar-refractivity contribution in [3.8, 4) is 0 Å². The van der Waals surface area contributed by atoms with Crippen molar-refractivity contribution in [2.75, 3.05) is 13.6 Å². The molecule has 0 aromatic heterocycles. The number of hydrogen-bond donors (Lipinski definition) is 1. The molecule has 2 unspecified atom stereocenters. The second-order valence-electron chi connectivity index (χ2n) is 5.33. The lowest BCUT2D eigenvalue weighted by Gasteiger charge is -2.35. The average molecular weight is 233 g/mol. The fraction of sp³-hybridized carbons (Fsp3) is 0.600. The average Bonchev–Trinajstić information content (AvgIpc) is 2.32. The predicted octanol–water partition coefficient (Wildman–Crippen LogP) is 2.84. The molecule has 2 heteroatoms. The van der Waals surface area contributed by atoms with Crippen LogP contribution in [0, 0.1) is 5.92 Å². The number of benzene rings is 1. The zero-order valence-corrected chi connectivity index (χ0v) is 10.8. The third-order valence-corrected chi connectivity index (χ3v) is 4.06. The predicted molar refractivity (Wildman–Crippen MR) is 70.8 cm³/mol. The van der Waals surface area contributed by atoms with Crippen LogP contribution in [0.25, 0.3) is 0 Å². The Labute approximate surface area is 104 Å². The van der Waals surface area contributed by atoms with E-state index in [1.165, 1.54) is 19.3 Å². The standard InChI is InChI=1S/C15H23NO/c1-12(16(2)11-13-7-6-8-13)15(17)14-9-4-3-5-10-14/h3-5,9-10,12-13,15,17H,6-8,11H2,1-2H3. The van der Waals surface area contributed by atoms with Crippen molar-refractivity contribution in [3.05, 3.63) is 35.9 Å². The van der Waals surface area contributed by atoms with Gasteiger partial charge in [-0.15, -0.1) is 0 Å². The third-order valence-electron chi connectivity index (χ3n) is 4.06. The highest BCUT2D eigenvalue weighted by Gasteiger charge is 2.25. The van der Waals surface area contributed by atoms with Gasteiger partial charge in [0.25, 0.3) is 0 Å². The van der Waals surface area contributed by atoms with E-state index in [1.807, 2.05) is 30.3 Å². The van der Waals surface area contributed by atoms with Crippen LogP contribution in [-0.2, 0) is 0 Å². The minimum Gasteiger partial charge on any atom is -0.387 e. The van der Waals surface area contributed by atoms with Gasteiger partial charge in [0, 0.05) is 12.6 Å². The summed E-state index contributed by atoms with van der Waals surface area (Å²) in [6.45, 7) is 3.22. The number of rotatable bonds is 5. The maximum atomic E-state index is 10.3. The summed E-state index contributed by atoms with van der Waals surface area (Å²) in [5.74, 6) is 0.852. The summed E-state index contributed by atoms with van der Waals surface area (Å²) in [7, 11) is 2.12. The third kappa shape index (κ3) is 3.08. The van der Waals surface area contributed by atoms with Gasteiger partial charge in [-0.3, -0.25) is 0 Å². The highest BCUT2D eigenvalue weighted by Crippen LogP contribution is 2.28. The molecule has 17 heavy (non-hydrogen) atoms. The van der Waals surface area contributed by atoms with Crippen molar-refractivity contribution in [1.82, 2.24) is 4.90 Å². The summed E-state index contributed by atoms with van der Waals surface area (Å²) >= 11 is 0. The van der Waals surface area contributed by atoms with Gasteiger partial charge in [0.05, 0.1) is 6.10 Å². The van der Waals surface area contributed by atoms with Gasteiger partial charge in [-0.1, -0.05) is 36.8 Å². The molecular formula is C15H23NO. The van der Waals surface area contributed by atoms with E-state index in [-0.39, 0.29) is 12.1 Å². The Balaban J connectivity index is 1.91. The highest BCUT2D eigenvalue weighted by molar-refractivity contribution is 5.18. The van der Waals surface area contributed by atoms with Gasteiger partial charge < -0.3 is 10.0 Å². The molecule has 0 saturated heterocycles. The maximum absolute atomic E-state index is 10.3. The monoisotopic (exact) mass is 233 g/mol. The minimum atomic E-state index is -0.388. The SMILES string of the molecule is CC(C(O)c1ccccc1)N(C)CC1CCC1. The summed E-state index contributed by atoms with van der Waals surface area (Å²) in [4.78, 5) is 2.29. The van der Waals surface area contributed by atoms with Gasteiger partial charge in [-0.05, 0) is 38.3 Å². The van der Waals surface area contributed by atoms with E-state index in [4.69, 9.17) is 0 Å². The van der Waals surface area contributed by atoms with E-state index >= 15 is 0 Å². The molecular weight excluding hydrogens is 210 g/mol. The van der Waals surface area contributed by atoms with E-state index in [0.717, 1.165) is 18.0 Å². The van der Waals surface area contributed by atoms with Gasteiger partial charge in [0.1, 0.15) is 0 Å². The van der Waals surface area contributed by atoms with Crippen LogP contribution in [-0.4, -0.2) is 29.6 Å². The molecule has 1 aromatic carbocycles. The molecule has 0 bridgehead atoms. The minimum absolute atomic E-state index is 0.179. The fourth-order valence-corrected chi connectivity index (χ4v) is 2.42. The van der Waals surface area contributed by atoms with Crippen molar-refractivity contribution in [2.24, 2.45) is 5.92 Å². The summed E-state index contributed by atoms with van der Waals surface area (Å²) in [6.07, 6.45) is 3.71. The molecule has 2 nitrogen and oxygen atoms in total. The summed E-state index contributed by atoms with van der Waals surface area (Å²) < 4.78 is 0. The Bertz CT molecular complexity index is 334. The van der Waals surface area contributed by atoms with Crippen LogP contribution in [0.3, 0.4) is 0 Å². The molecule has 0 amide bonds. The summed E-state index contributed by atoms with van der Waals surface area (Å²) in [5, 5.41) is 10.3. The fourth-order valence-electron chi connectivity index (χ4n) is 2.42. The Morgan fingerprint density at radius 1 is 1.29 bits per heavy atom. The normalized spacial score (nSPS) is 20.0. The second-order valence-corrected chi connectivity index (χ2v) is 5.33. The van der Waals surface area contributed by atoms with Crippen molar-refractivity contribution in [2.45, 2.75) is 38.3 Å². The van der Waals surface area contributed by atoms with E-state index in [2.05, 4.69) is 18.9 Å². The Hall–Kier alpha value is -0.860. The number of nitrogens with zero attached hydrogens (tertiary/aromatic N) is 1. The van der Waals surface area contributed by atoms with Gasteiger partial charge in [-0.2, -0.15) is 0 Å². The van der Waals surface area contributed by atoms with Crippen molar-refractivity contribution < 1.29 is 5.11 Å². The number of aliphatic hydroxyl groups excluding tert-OH is 1. The summed E-state index contributed by atoms with van der Waals surface area (Å²) in [6, 6.07) is 10.1. The van der Waals surface area contributed by atoms with Crippen LogP contribution in [0.5, 0.6) is 0 Å². The summed E-state index contributed by atoms with van der Waals surface area (Å²) in [5.41, 5.74) is 1.01. The van der Waals surface area contributed by atoms with Crippen LogP contribution in [0.4, 0.5) is 0 Å². The molecule has 1 aromatic rings. The Kier molecular flexibility index (Phi) is 4.19. The van der Waals surface area contributed by atoms with Gasteiger partial charge in [0.2, 0.25) is 0 Å². The number of likely N-dealkylation sites (N-methyl/N-ethyl adjacent to an activating group) is 1. The van der Waals surface area contributed by atoms with Gasteiger partial charge in [-0.25, -0.2) is 0 Å². The Morgan fingerprint density at radius 2 is 1.94 bits per heavy atom. The van der Waals surface area contributed by atoms with E-state index in [1.54, 1.807) is 0 Å². The smallest absolute Gasteiger partial charge is 0.0942 e. The van der Waals surface area contributed by atoms with Crippen LogP contribution in [0.1, 0.15) is 37.9 Å². The van der Waals surface area contributed by atoms with E-state index in [0.29, 0.717) is 0 Å². The molecule has 2 rings (SSSR count). The van der Waals surface area contributed by atoms with Crippen molar-refractivity contribution >= 4 is 0 Å². The molecule has 1 aliphatic carbocycles. The first-order valence-electron chi connectivity index (χ1n) is 6.61. The van der Waals surface area contributed by atoms with Crippen LogP contribution < -0.4 is 0 Å². The molecule has 0 heterocycles. The van der Waals surface area contributed by atoms with Crippen molar-refractivity contribution in [1.29, 1.82) is 0 Å². The van der Waals surface area contributed by atoms with Crippen LogP contribution in [0.2, 0.25) is 0 Å². The van der Waals surface area contributed by atoms with Gasteiger partial charge >= 0.3 is 0 Å². The lowest BCUT2D eigenvalue weighted by Crippen LogP contribution is -2.39. The molecule has 1 N–H and O–H groups in total. The van der Waals surface area contributed by atoms with Gasteiger partial charge in [0.15, 0.2) is 0 Å². The molecule has 1 fully saturated rings. The lowest BCUT2D eigenvalue weighted by molar-refractivity contribution is 0.0556. The molecule has 0 spiro atoms. The lowest BCUT2D eigenvalue weighted by atomic mass is 9.85. The second kappa shape index (κ2) is 5.65. The Morgan fingerprint density at radius 3 is 2.47 bits per heavy atom.